The van der Waals surface area contributed by atoms with Crippen LogP contribution in [0.25, 0.3) is 0 Å². The molecule has 16 heavy (non-hydrogen) atoms. The molecule has 0 aliphatic rings. The second kappa shape index (κ2) is 4.65. The first-order valence-electron chi connectivity index (χ1n) is 4.52. The molecular formula is C10H9F2N3S. The Bertz CT molecular complexity index is 473. The first-order valence-corrected chi connectivity index (χ1v) is 5.40. The predicted octanol–water partition coefficient (Wildman–Crippen LogP) is 1.97. The normalized spacial score (nSPS) is 12.7. The summed E-state index contributed by atoms with van der Waals surface area (Å²) in [4.78, 5) is 4.60. The van der Waals surface area contributed by atoms with Gasteiger partial charge in [-0.05, 0) is 18.2 Å². The lowest BCUT2D eigenvalue weighted by Crippen LogP contribution is -2.29. The van der Waals surface area contributed by atoms with Gasteiger partial charge in [0, 0.05) is 16.6 Å². The SMILES string of the molecule is NNC(c1cncs1)c1cc(F)ccc1F. The number of halogens is 2. The number of benzene rings is 1. The molecule has 0 aliphatic heterocycles. The van der Waals surface area contributed by atoms with Crippen molar-refractivity contribution in [3.8, 4) is 0 Å². The lowest BCUT2D eigenvalue weighted by molar-refractivity contribution is 0.548. The molecular weight excluding hydrogens is 232 g/mol. The van der Waals surface area contributed by atoms with Crippen LogP contribution in [0.15, 0.2) is 29.9 Å². The Balaban J connectivity index is 2.44. The molecule has 1 aromatic heterocycles. The number of rotatable bonds is 3. The van der Waals surface area contributed by atoms with Crippen molar-refractivity contribution in [2.24, 2.45) is 5.84 Å². The minimum Gasteiger partial charge on any atom is -0.271 e. The third kappa shape index (κ3) is 2.08. The van der Waals surface area contributed by atoms with Crippen molar-refractivity contribution in [1.29, 1.82) is 0 Å². The van der Waals surface area contributed by atoms with Crippen LogP contribution in [0.2, 0.25) is 0 Å². The first kappa shape index (κ1) is 11.1. The summed E-state index contributed by atoms with van der Waals surface area (Å²) in [6, 6.07) is 2.69. The smallest absolute Gasteiger partial charge is 0.128 e. The van der Waals surface area contributed by atoms with E-state index in [9.17, 15) is 8.78 Å². The van der Waals surface area contributed by atoms with E-state index in [0.717, 1.165) is 23.1 Å². The van der Waals surface area contributed by atoms with E-state index in [-0.39, 0.29) is 5.56 Å². The molecule has 0 fully saturated rings. The fourth-order valence-corrected chi connectivity index (χ4v) is 2.13. The van der Waals surface area contributed by atoms with Gasteiger partial charge in [0.15, 0.2) is 0 Å². The van der Waals surface area contributed by atoms with Gasteiger partial charge in [-0.25, -0.2) is 14.2 Å². The Morgan fingerprint density at radius 2 is 2.19 bits per heavy atom. The molecule has 0 amide bonds. The molecule has 6 heteroatoms. The third-order valence-corrected chi connectivity index (χ3v) is 3.01. The standard InChI is InChI=1S/C10H9F2N3S/c11-6-1-2-8(12)7(3-6)10(15-13)9-4-14-5-16-9/h1-5,10,15H,13H2. The number of nitrogens with zero attached hydrogens (tertiary/aromatic N) is 1. The fourth-order valence-electron chi connectivity index (χ4n) is 1.43. The Labute approximate surface area is 94.9 Å². The van der Waals surface area contributed by atoms with Crippen LogP contribution in [0.1, 0.15) is 16.5 Å². The van der Waals surface area contributed by atoms with Crippen LogP contribution < -0.4 is 11.3 Å². The Morgan fingerprint density at radius 1 is 1.38 bits per heavy atom. The zero-order valence-electron chi connectivity index (χ0n) is 8.15. The first-order chi connectivity index (χ1) is 7.72. The van der Waals surface area contributed by atoms with Gasteiger partial charge in [0.25, 0.3) is 0 Å². The van der Waals surface area contributed by atoms with E-state index < -0.39 is 17.7 Å². The molecule has 0 radical (unpaired) electrons. The summed E-state index contributed by atoms with van der Waals surface area (Å²) >= 11 is 1.32. The summed E-state index contributed by atoms with van der Waals surface area (Å²) in [6.45, 7) is 0. The van der Waals surface area contributed by atoms with E-state index >= 15 is 0 Å². The van der Waals surface area contributed by atoms with Gasteiger partial charge in [-0.15, -0.1) is 11.3 Å². The van der Waals surface area contributed by atoms with Crippen molar-refractivity contribution in [3.63, 3.8) is 0 Å². The quantitative estimate of drug-likeness (QED) is 0.638. The number of hydrogen-bond acceptors (Lipinski definition) is 4. The van der Waals surface area contributed by atoms with Crippen LogP contribution in [0.5, 0.6) is 0 Å². The molecule has 2 rings (SSSR count). The lowest BCUT2D eigenvalue weighted by atomic mass is 10.1. The number of hydrogen-bond donors (Lipinski definition) is 2. The average molecular weight is 241 g/mol. The molecule has 1 unspecified atom stereocenters. The van der Waals surface area contributed by atoms with Crippen LogP contribution in [-0.4, -0.2) is 4.98 Å². The van der Waals surface area contributed by atoms with Gasteiger partial charge < -0.3 is 0 Å². The highest BCUT2D eigenvalue weighted by Gasteiger charge is 2.18. The Morgan fingerprint density at radius 3 is 2.81 bits per heavy atom. The van der Waals surface area contributed by atoms with Crippen molar-refractivity contribution in [2.75, 3.05) is 0 Å². The van der Waals surface area contributed by atoms with Gasteiger partial charge in [0.05, 0.1) is 11.6 Å². The fraction of sp³-hybridized carbons (Fsp3) is 0.100. The molecule has 84 valence electrons. The van der Waals surface area contributed by atoms with Crippen molar-refractivity contribution >= 4 is 11.3 Å². The highest BCUT2D eigenvalue weighted by Crippen LogP contribution is 2.26. The number of thiazole rings is 1. The van der Waals surface area contributed by atoms with Gasteiger partial charge in [0.2, 0.25) is 0 Å². The van der Waals surface area contributed by atoms with Crippen LogP contribution in [0, 0.1) is 11.6 Å². The van der Waals surface area contributed by atoms with Crippen LogP contribution in [0.4, 0.5) is 8.78 Å². The van der Waals surface area contributed by atoms with E-state index in [0.29, 0.717) is 0 Å². The summed E-state index contributed by atoms with van der Waals surface area (Å²) < 4.78 is 26.6. The largest absolute Gasteiger partial charge is 0.271 e. The molecule has 1 aromatic carbocycles. The summed E-state index contributed by atoms with van der Waals surface area (Å²) in [5.74, 6) is 4.35. The van der Waals surface area contributed by atoms with Gasteiger partial charge in [0.1, 0.15) is 11.6 Å². The van der Waals surface area contributed by atoms with Crippen molar-refractivity contribution < 1.29 is 8.78 Å². The van der Waals surface area contributed by atoms with Crippen LogP contribution in [-0.2, 0) is 0 Å². The zero-order valence-corrected chi connectivity index (χ0v) is 8.97. The van der Waals surface area contributed by atoms with Crippen molar-refractivity contribution in [1.82, 2.24) is 10.4 Å². The molecule has 0 saturated carbocycles. The van der Waals surface area contributed by atoms with E-state index in [1.165, 1.54) is 11.3 Å². The maximum Gasteiger partial charge on any atom is 0.128 e. The van der Waals surface area contributed by atoms with Crippen molar-refractivity contribution in [3.05, 3.63) is 52.0 Å². The monoisotopic (exact) mass is 241 g/mol. The summed E-state index contributed by atoms with van der Waals surface area (Å²) in [5, 5.41) is 0. The summed E-state index contributed by atoms with van der Waals surface area (Å²) in [5.41, 5.74) is 4.23. The molecule has 0 aliphatic carbocycles. The number of hydrazine groups is 1. The number of aromatic nitrogens is 1. The van der Waals surface area contributed by atoms with Gasteiger partial charge >= 0.3 is 0 Å². The van der Waals surface area contributed by atoms with Gasteiger partial charge in [-0.2, -0.15) is 0 Å². The van der Waals surface area contributed by atoms with Crippen molar-refractivity contribution in [2.45, 2.75) is 6.04 Å². The van der Waals surface area contributed by atoms with E-state index in [1.807, 2.05) is 0 Å². The summed E-state index contributed by atoms with van der Waals surface area (Å²) in [7, 11) is 0. The van der Waals surface area contributed by atoms with Gasteiger partial charge in [-0.3, -0.25) is 10.8 Å². The molecule has 0 saturated heterocycles. The number of nitrogens with two attached hydrogens (primary N) is 1. The predicted molar refractivity (Wildman–Crippen MR) is 57.6 cm³/mol. The third-order valence-electron chi connectivity index (χ3n) is 2.17. The van der Waals surface area contributed by atoms with E-state index in [1.54, 1.807) is 11.7 Å². The topological polar surface area (TPSA) is 50.9 Å². The van der Waals surface area contributed by atoms with Gasteiger partial charge in [-0.1, -0.05) is 0 Å². The maximum atomic E-state index is 13.5. The van der Waals surface area contributed by atoms with E-state index in [2.05, 4.69) is 10.4 Å². The second-order valence-electron chi connectivity index (χ2n) is 3.17. The molecule has 2 aromatic rings. The number of nitrogens with one attached hydrogen (secondary N) is 1. The highest BCUT2D eigenvalue weighted by atomic mass is 32.1. The minimum atomic E-state index is -0.580. The Kier molecular flexibility index (Phi) is 3.23. The zero-order chi connectivity index (χ0) is 11.5. The van der Waals surface area contributed by atoms with E-state index in [4.69, 9.17) is 5.84 Å². The van der Waals surface area contributed by atoms with Crippen LogP contribution in [0.3, 0.4) is 0 Å². The molecule has 0 spiro atoms. The summed E-state index contributed by atoms with van der Waals surface area (Å²) in [6.07, 6.45) is 1.57. The maximum absolute atomic E-state index is 13.5. The molecule has 1 heterocycles. The molecule has 3 N–H and O–H groups in total. The second-order valence-corrected chi connectivity index (χ2v) is 4.09. The average Bonchev–Trinajstić information content (AvgIpc) is 2.78. The van der Waals surface area contributed by atoms with Crippen LogP contribution >= 0.6 is 11.3 Å². The Hall–Kier alpha value is -1.37. The molecule has 1 atom stereocenters. The molecule has 0 bridgehead atoms. The minimum absolute atomic E-state index is 0.173. The highest BCUT2D eigenvalue weighted by molar-refractivity contribution is 7.09. The lowest BCUT2D eigenvalue weighted by Gasteiger charge is -2.14. The molecule has 3 nitrogen and oxygen atoms in total.